The number of amides is 2. The molecule has 0 heterocycles. The van der Waals surface area contributed by atoms with Crippen molar-refractivity contribution in [1.29, 1.82) is 0 Å². The van der Waals surface area contributed by atoms with Crippen molar-refractivity contribution in [3.63, 3.8) is 0 Å². The molecule has 0 aliphatic heterocycles. The zero-order valence-electron chi connectivity index (χ0n) is 26.5. The number of nitrogens with one attached hydrogen (secondary N) is 1. The summed E-state index contributed by atoms with van der Waals surface area (Å²) in [6.45, 7) is 5.08. The molecule has 4 aromatic rings. The van der Waals surface area contributed by atoms with Gasteiger partial charge in [-0.3, -0.25) is 13.9 Å². The number of ether oxygens (including phenoxy) is 1. The minimum atomic E-state index is -4.26. The number of methoxy groups -OCH3 is 1. The summed E-state index contributed by atoms with van der Waals surface area (Å²) in [5.41, 5.74) is 2.45. The molecule has 0 saturated heterocycles. The Balaban J connectivity index is 1.86. The van der Waals surface area contributed by atoms with Crippen LogP contribution in [0.4, 0.5) is 5.69 Å². The first-order valence-corrected chi connectivity index (χ1v) is 17.0. The quantitative estimate of drug-likeness (QED) is 0.169. The molecule has 1 N–H and O–H groups in total. The second-order valence-corrected chi connectivity index (χ2v) is 13.4. The smallest absolute Gasteiger partial charge is 0.264 e. The molecule has 0 aromatic heterocycles. The van der Waals surface area contributed by atoms with E-state index in [2.05, 4.69) is 5.32 Å². The fourth-order valence-corrected chi connectivity index (χ4v) is 6.67. The Morgan fingerprint density at radius 1 is 0.913 bits per heavy atom. The predicted octanol–water partition coefficient (Wildman–Crippen LogP) is 6.41. The number of hydrogen-bond donors (Lipinski definition) is 1. The van der Waals surface area contributed by atoms with E-state index in [0.717, 1.165) is 15.4 Å². The SMILES string of the molecule is CC[C@H](C)NC(=O)[C@@H](Cc1ccccc1)N(Cc1ccccc1Cl)C(=O)CN(c1cc(C)ccc1OC)S(=O)(=O)c1ccccc1. The highest BCUT2D eigenvalue weighted by atomic mass is 35.5. The van der Waals surface area contributed by atoms with Crippen LogP contribution in [0.25, 0.3) is 0 Å². The normalized spacial score (nSPS) is 12.5. The van der Waals surface area contributed by atoms with E-state index < -0.39 is 28.5 Å². The van der Waals surface area contributed by atoms with E-state index >= 15 is 0 Å². The first kappa shape index (κ1) is 34.5. The summed E-state index contributed by atoms with van der Waals surface area (Å²) in [4.78, 5) is 30.1. The van der Waals surface area contributed by atoms with Crippen molar-refractivity contribution in [3.8, 4) is 5.75 Å². The van der Waals surface area contributed by atoms with Gasteiger partial charge in [-0.25, -0.2) is 8.42 Å². The zero-order chi connectivity index (χ0) is 33.3. The number of hydrogen-bond acceptors (Lipinski definition) is 5. The molecule has 0 radical (unpaired) electrons. The first-order chi connectivity index (χ1) is 22.0. The van der Waals surface area contributed by atoms with E-state index in [0.29, 0.717) is 17.0 Å². The number of carbonyl (C=O) groups excluding carboxylic acids is 2. The molecule has 2 atom stereocenters. The molecule has 0 fully saturated rings. The minimum absolute atomic E-state index is 0.0133. The maximum atomic E-state index is 14.7. The topological polar surface area (TPSA) is 96.0 Å². The molecule has 10 heteroatoms. The second kappa shape index (κ2) is 15.8. The van der Waals surface area contributed by atoms with Gasteiger partial charge in [0.05, 0.1) is 17.7 Å². The van der Waals surface area contributed by atoms with Gasteiger partial charge in [-0.15, -0.1) is 0 Å². The van der Waals surface area contributed by atoms with E-state index in [1.165, 1.54) is 24.1 Å². The summed E-state index contributed by atoms with van der Waals surface area (Å²) < 4.78 is 35.2. The predicted molar refractivity (Wildman–Crippen MR) is 183 cm³/mol. The monoisotopic (exact) mass is 661 g/mol. The third kappa shape index (κ3) is 8.47. The van der Waals surface area contributed by atoms with E-state index in [9.17, 15) is 18.0 Å². The Labute approximate surface area is 277 Å². The number of anilines is 1. The Morgan fingerprint density at radius 2 is 1.54 bits per heavy atom. The van der Waals surface area contributed by atoms with Gasteiger partial charge in [0.25, 0.3) is 10.0 Å². The average Bonchev–Trinajstić information content (AvgIpc) is 3.06. The fourth-order valence-electron chi connectivity index (χ4n) is 5.03. The number of benzene rings is 4. The van der Waals surface area contributed by atoms with Crippen molar-refractivity contribution in [2.75, 3.05) is 18.0 Å². The summed E-state index contributed by atoms with van der Waals surface area (Å²) >= 11 is 6.57. The van der Waals surface area contributed by atoms with Crippen LogP contribution in [0.3, 0.4) is 0 Å². The van der Waals surface area contributed by atoms with Crippen LogP contribution in [0.1, 0.15) is 37.0 Å². The lowest BCUT2D eigenvalue weighted by molar-refractivity contribution is -0.140. The third-order valence-electron chi connectivity index (χ3n) is 7.78. The first-order valence-electron chi connectivity index (χ1n) is 15.1. The molecule has 0 aliphatic rings. The van der Waals surface area contributed by atoms with Crippen molar-refractivity contribution >= 4 is 39.1 Å². The van der Waals surface area contributed by atoms with Crippen LogP contribution in [0.15, 0.2) is 108 Å². The van der Waals surface area contributed by atoms with Crippen molar-refractivity contribution in [3.05, 3.63) is 125 Å². The fraction of sp³-hybridized carbons (Fsp3) is 0.278. The highest BCUT2D eigenvalue weighted by molar-refractivity contribution is 7.92. The van der Waals surface area contributed by atoms with Gasteiger partial charge < -0.3 is 15.0 Å². The van der Waals surface area contributed by atoms with Gasteiger partial charge in [0.2, 0.25) is 11.8 Å². The zero-order valence-corrected chi connectivity index (χ0v) is 28.1. The lowest BCUT2D eigenvalue weighted by Gasteiger charge is -2.34. The highest BCUT2D eigenvalue weighted by Gasteiger charge is 2.36. The van der Waals surface area contributed by atoms with E-state index in [-0.39, 0.29) is 41.2 Å². The number of sulfonamides is 1. The molecule has 4 rings (SSSR count). The average molecular weight is 662 g/mol. The lowest BCUT2D eigenvalue weighted by Crippen LogP contribution is -2.54. The molecule has 4 aromatic carbocycles. The molecular formula is C36H40ClN3O5S. The number of rotatable bonds is 14. The van der Waals surface area contributed by atoms with Crippen LogP contribution in [0.5, 0.6) is 5.75 Å². The maximum absolute atomic E-state index is 14.7. The lowest BCUT2D eigenvalue weighted by atomic mass is 10.0. The molecule has 242 valence electrons. The number of carbonyl (C=O) groups is 2. The minimum Gasteiger partial charge on any atom is -0.495 e. The van der Waals surface area contributed by atoms with E-state index in [4.69, 9.17) is 16.3 Å². The van der Waals surface area contributed by atoms with E-state index in [1.54, 1.807) is 60.7 Å². The standard InChI is InChI=1S/C36H40ClN3O5S/c1-5-27(3)38-36(42)33(23-28-14-8-6-9-15-28)39(24-29-16-12-13-19-31(29)37)35(41)25-40(32-22-26(2)20-21-34(32)45-4)46(43,44)30-17-10-7-11-18-30/h6-22,27,33H,5,23-25H2,1-4H3,(H,38,42)/t27-,33+/m0/s1. The van der Waals surface area contributed by atoms with Crippen molar-refractivity contribution in [1.82, 2.24) is 10.2 Å². The van der Waals surface area contributed by atoms with Gasteiger partial charge in [-0.1, -0.05) is 91.3 Å². The molecule has 0 bridgehead atoms. The van der Waals surface area contributed by atoms with Gasteiger partial charge in [0.15, 0.2) is 0 Å². The summed E-state index contributed by atoms with van der Waals surface area (Å²) in [6.07, 6.45) is 0.900. The van der Waals surface area contributed by atoms with Crippen LogP contribution >= 0.6 is 11.6 Å². The Bertz CT molecular complexity index is 1740. The molecule has 0 aliphatic carbocycles. The Kier molecular flexibility index (Phi) is 11.8. The van der Waals surface area contributed by atoms with Crippen LogP contribution in [-0.4, -0.2) is 50.9 Å². The summed E-state index contributed by atoms with van der Waals surface area (Å²) in [5.74, 6) is -0.640. The number of halogens is 1. The van der Waals surface area contributed by atoms with Crippen molar-refractivity contribution < 1.29 is 22.7 Å². The molecule has 0 unspecified atom stereocenters. The van der Waals surface area contributed by atoms with Gasteiger partial charge in [0.1, 0.15) is 18.3 Å². The molecule has 2 amide bonds. The van der Waals surface area contributed by atoms with Crippen molar-refractivity contribution in [2.24, 2.45) is 0 Å². The Morgan fingerprint density at radius 3 is 2.17 bits per heavy atom. The van der Waals surface area contributed by atoms with Gasteiger partial charge >= 0.3 is 0 Å². The summed E-state index contributed by atoms with van der Waals surface area (Å²) in [6, 6.07) is 28.5. The highest BCUT2D eigenvalue weighted by Crippen LogP contribution is 2.34. The molecule has 0 spiro atoms. The summed E-state index contributed by atoms with van der Waals surface area (Å²) in [7, 11) is -2.82. The number of aryl methyl sites for hydroxylation is 1. The molecular weight excluding hydrogens is 622 g/mol. The Hall–Kier alpha value is -4.34. The summed E-state index contributed by atoms with van der Waals surface area (Å²) in [5, 5.41) is 3.46. The van der Waals surface area contributed by atoms with Crippen LogP contribution in [0.2, 0.25) is 5.02 Å². The van der Waals surface area contributed by atoms with Crippen LogP contribution < -0.4 is 14.4 Å². The van der Waals surface area contributed by atoms with Gasteiger partial charge in [0, 0.05) is 24.0 Å². The van der Waals surface area contributed by atoms with E-state index in [1.807, 2.05) is 51.1 Å². The van der Waals surface area contributed by atoms with Gasteiger partial charge in [-0.2, -0.15) is 0 Å². The third-order valence-corrected chi connectivity index (χ3v) is 9.93. The largest absolute Gasteiger partial charge is 0.495 e. The molecule has 46 heavy (non-hydrogen) atoms. The maximum Gasteiger partial charge on any atom is 0.264 e. The molecule has 0 saturated carbocycles. The van der Waals surface area contributed by atoms with Crippen molar-refractivity contribution in [2.45, 2.75) is 57.1 Å². The van der Waals surface area contributed by atoms with Crippen LogP contribution in [0, 0.1) is 6.92 Å². The van der Waals surface area contributed by atoms with Crippen LogP contribution in [-0.2, 0) is 32.6 Å². The molecule has 8 nitrogen and oxygen atoms in total. The van der Waals surface area contributed by atoms with Gasteiger partial charge in [-0.05, 0) is 67.3 Å². The number of nitrogens with zero attached hydrogens (tertiary/aromatic N) is 2. The second-order valence-electron chi connectivity index (χ2n) is 11.1.